The van der Waals surface area contributed by atoms with Crippen LogP contribution in [0.4, 0.5) is 14.5 Å². The maximum atomic E-state index is 13.3. The third-order valence-corrected chi connectivity index (χ3v) is 6.07. The second kappa shape index (κ2) is 9.36. The number of hydrogen-bond donors (Lipinski definition) is 2. The first-order chi connectivity index (χ1) is 15.0. The molecule has 1 aliphatic rings. The smallest absolute Gasteiger partial charge is 0.313 e. The van der Waals surface area contributed by atoms with E-state index in [-0.39, 0.29) is 18.3 Å². The molecule has 4 rings (SSSR count). The second-order valence-electron chi connectivity index (χ2n) is 7.35. The number of benzene rings is 2. The Labute approximate surface area is 182 Å². The minimum absolute atomic E-state index is 0.0149. The lowest BCUT2D eigenvalue weighted by Crippen LogP contribution is -2.43. The van der Waals surface area contributed by atoms with Crippen LogP contribution in [0.15, 0.2) is 59.3 Å². The van der Waals surface area contributed by atoms with Gasteiger partial charge in [0.05, 0.1) is 6.04 Å². The standard InChI is InChI=1S/C23H21F2N3O2S/c24-19-6-5-18(11-20(19)25)27-23(30)22(29)26-12-21(17-8-10-31-14-17)28-9-7-15-3-1-2-4-16(15)13-28/h1-6,8,10-11,14,21H,7,9,12-13H2,(H,26,29)(H,27,30)/t21-/m0/s1. The maximum Gasteiger partial charge on any atom is 0.313 e. The lowest BCUT2D eigenvalue weighted by atomic mass is 9.97. The van der Waals surface area contributed by atoms with Gasteiger partial charge in [0.25, 0.3) is 0 Å². The largest absolute Gasteiger partial charge is 0.346 e. The van der Waals surface area contributed by atoms with Crippen molar-refractivity contribution in [2.24, 2.45) is 0 Å². The Balaban J connectivity index is 1.41. The summed E-state index contributed by atoms with van der Waals surface area (Å²) < 4.78 is 26.4. The number of carbonyl (C=O) groups is 2. The fourth-order valence-electron chi connectivity index (χ4n) is 3.74. The summed E-state index contributed by atoms with van der Waals surface area (Å²) >= 11 is 1.58. The summed E-state index contributed by atoms with van der Waals surface area (Å²) in [5.41, 5.74) is 3.68. The van der Waals surface area contributed by atoms with Crippen LogP contribution in [0.3, 0.4) is 0 Å². The number of amides is 2. The van der Waals surface area contributed by atoms with E-state index in [2.05, 4.69) is 27.7 Å². The molecule has 0 unspecified atom stereocenters. The molecular weight excluding hydrogens is 420 g/mol. The third-order valence-electron chi connectivity index (χ3n) is 5.37. The molecule has 0 aliphatic carbocycles. The van der Waals surface area contributed by atoms with Gasteiger partial charge in [0.1, 0.15) is 0 Å². The van der Waals surface area contributed by atoms with E-state index in [0.717, 1.165) is 37.2 Å². The van der Waals surface area contributed by atoms with Gasteiger partial charge in [-0.15, -0.1) is 0 Å². The highest BCUT2D eigenvalue weighted by molar-refractivity contribution is 7.08. The van der Waals surface area contributed by atoms with Crippen molar-refractivity contribution in [1.29, 1.82) is 0 Å². The first-order valence-electron chi connectivity index (χ1n) is 9.88. The Hall–Kier alpha value is -3.10. The first-order valence-corrected chi connectivity index (χ1v) is 10.8. The molecule has 5 nitrogen and oxygen atoms in total. The van der Waals surface area contributed by atoms with E-state index in [1.54, 1.807) is 11.3 Å². The Morgan fingerprint density at radius 1 is 1.03 bits per heavy atom. The number of fused-ring (bicyclic) bond motifs is 1. The van der Waals surface area contributed by atoms with Gasteiger partial charge in [0, 0.05) is 31.4 Å². The van der Waals surface area contributed by atoms with Crippen molar-refractivity contribution in [3.05, 3.63) is 87.6 Å². The average molecular weight is 442 g/mol. The van der Waals surface area contributed by atoms with Gasteiger partial charge in [-0.3, -0.25) is 14.5 Å². The lowest BCUT2D eigenvalue weighted by molar-refractivity contribution is -0.136. The van der Waals surface area contributed by atoms with Crippen molar-refractivity contribution < 1.29 is 18.4 Å². The first kappa shape index (κ1) is 21.1. The van der Waals surface area contributed by atoms with E-state index >= 15 is 0 Å². The summed E-state index contributed by atoms with van der Waals surface area (Å²) in [7, 11) is 0. The molecule has 2 heterocycles. The molecule has 0 radical (unpaired) electrons. The summed E-state index contributed by atoms with van der Waals surface area (Å²) in [6.07, 6.45) is 0.918. The van der Waals surface area contributed by atoms with Crippen LogP contribution in [0.1, 0.15) is 22.7 Å². The van der Waals surface area contributed by atoms with Crippen molar-refractivity contribution >= 4 is 28.8 Å². The highest BCUT2D eigenvalue weighted by Gasteiger charge is 2.26. The van der Waals surface area contributed by atoms with E-state index in [0.29, 0.717) is 0 Å². The SMILES string of the molecule is O=C(NC[C@@H](c1ccsc1)N1CCc2ccccc2C1)C(=O)Nc1ccc(F)c(F)c1. The molecule has 2 aromatic carbocycles. The molecule has 8 heteroatoms. The van der Waals surface area contributed by atoms with Crippen molar-refractivity contribution in [1.82, 2.24) is 10.2 Å². The van der Waals surface area contributed by atoms with Gasteiger partial charge in [0.2, 0.25) is 0 Å². The molecule has 0 bridgehead atoms. The number of nitrogens with zero attached hydrogens (tertiary/aromatic N) is 1. The Bertz CT molecular complexity index is 1090. The van der Waals surface area contributed by atoms with Crippen LogP contribution in [-0.4, -0.2) is 29.8 Å². The number of hydrogen-bond acceptors (Lipinski definition) is 4. The fraction of sp³-hybridized carbons (Fsp3) is 0.217. The minimum Gasteiger partial charge on any atom is -0.346 e. The topological polar surface area (TPSA) is 61.4 Å². The fourth-order valence-corrected chi connectivity index (χ4v) is 4.44. The lowest BCUT2D eigenvalue weighted by Gasteiger charge is -2.35. The van der Waals surface area contributed by atoms with Crippen LogP contribution in [0.25, 0.3) is 0 Å². The summed E-state index contributed by atoms with van der Waals surface area (Å²) in [5, 5.41) is 9.00. The van der Waals surface area contributed by atoms with Crippen LogP contribution in [0.5, 0.6) is 0 Å². The van der Waals surface area contributed by atoms with E-state index in [4.69, 9.17) is 0 Å². The van der Waals surface area contributed by atoms with Crippen molar-refractivity contribution in [3.8, 4) is 0 Å². The predicted octanol–water partition coefficient (Wildman–Crippen LogP) is 3.88. The number of rotatable bonds is 5. The second-order valence-corrected chi connectivity index (χ2v) is 8.13. The van der Waals surface area contributed by atoms with E-state index < -0.39 is 23.4 Å². The maximum absolute atomic E-state index is 13.3. The van der Waals surface area contributed by atoms with Gasteiger partial charge in [-0.05, 0) is 52.1 Å². The molecule has 0 saturated carbocycles. The molecule has 0 saturated heterocycles. The van der Waals surface area contributed by atoms with E-state index in [1.165, 1.54) is 17.2 Å². The zero-order valence-corrected chi connectivity index (χ0v) is 17.4. The van der Waals surface area contributed by atoms with Crippen LogP contribution in [0, 0.1) is 11.6 Å². The summed E-state index contributed by atoms with van der Waals surface area (Å²) in [5.74, 6) is -3.88. The molecule has 0 fully saturated rings. The van der Waals surface area contributed by atoms with Crippen molar-refractivity contribution in [2.45, 2.75) is 19.0 Å². The van der Waals surface area contributed by atoms with Crippen LogP contribution in [0.2, 0.25) is 0 Å². The predicted molar refractivity (Wildman–Crippen MR) is 116 cm³/mol. The van der Waals surface area contributed by atoms with Gasteiger partial charge in [-0.25, -0.2) is 8.78 Å². The monoisotopic (exact) mass is 441 g/mol. The number of thiophene rings is 1. The molecule has 1 aromatic heterocycles. The molecular formula is C23H21F2N3O2S. The Morgan fingerprint density at radius 3 is 2.58 bits per heavy atom. The van der Waals surface area contributed by atoms with Gasteiger partial charge in [-0.2, -0.15) is 11.3 Å². The van der Waals surface area contributed by atoms with Crippen LogP contribution in [-0.2, 0) is 22.6 Å². The molecule has 160 valence electrons. The van der Waals surface area contributed by atoms with Crippen molar-refractivity contribution in [2.75, 3.05) is 18.4 Å². The number of halogens is 2. The van der Waals surface area contributed by atoms with Crippen LogP contribution >= 0.6 is 11.3 Å². The molecule has 0 spiro atoms. The molecule has 2 amide bonds. The minimum atomic E-state index is -1.10. The zero-order chi connectivity index (χ0) is 21.8. The summed E-state index contributed by atoms with van der Waals surface area (Å²) in [6.45, 7) is 1.85. The highest BCUT2D eigenvalue weighted by Crippen LogP contribution is 2.28. The molecule has 1 atom stereocenters. The van der Waals surface area contributed by atoms with Gasteiger partial charge < -0.3 is 10.6 Å². The van der Waals surface area contributed by atoms with E-state index in [1.807, 2.05) is 29.0 Å². The quantitative estimate of drug-likeness (QED) is 0.591. The number of nitrogens with one attached hydrogen (secondary N) is 2. The number of carbonyl (C=O) groups excluding carboxylic acids is 2. The highest BCUT2D eigenvalue weighted by atomic mass is 32.1. The molecule has 2 N–H and O–H groups in total. The van der Waals surface area contributed by atoms with Crippen LogP contribution < -0.4 is 10.6 Å². The average Bonchev–Trinajstić information content (AvgIpc) is 3.31. The molecule has 3 aromatic rings. The van der Waals surface area contributed by atoms with Gasteiger partial charge in [0.15, 0.2) is 11.6 Å². The van der Waals surface area contributed by atoms with Crippen molar-refractivity contribution in [3.63, 3.8) is 0 Å². The zero-order valence-electron chi connectivity index (χ0n) is 16.6. The third kappa shape index (κ3) is 4.98. The van der Waals surface area contributed by atoms with Gasteiger partial charge in [-0.1, -0.05) is 24.3 Å². The normalized spacial score (nSPS) is 14.5. The summed E-state index contributed by atoms with van der Waals surface area (Å²) in [4.78, 5) is 26.8. The Kier molecular flexibility index (Phi) is 6.39. The Morgan fingerprint density at radius 2 is 1.84 bits per heavy atom. The van der Waals surface area contributed by atoms with E-state index in [9.17, 15) is 18.4 Å². The summed E-state index contributed by atoms with van der Waals surface area (Å²) in [6, 6.07) is 13.2. The number of anilines is 1. The molecule has 1 aliphatic heterocycles. The van der Waals surface area contributed by atoms with Gasteiger partial charge >= 0.3 is 11.8 Å². The molecule has 31 heavy (non-hydrogen) atoms.